The molecule has 0 saturated carbocycles. The molecule has 0 saturated heterocycles. The minimum atomic E-state index is -1.16. The first-order chi connectivity index (χ1) is 11.1. The van der Waals surface area contributed by atoms with Crippen LogP contribution in [0.5, 0.6) is 0 Å². The highest BCUT2D eigenvalue weighted by Crippen LogP contribution is 2.18. The first-order valence-electron chi connectivity index (χ1n) is 7.38. The van der Waals surface area contributed by atoms with Crippen molar-refractivity contribution in [3.8, 4) is 0 Å². The van der Waals surface area contributed by atoms with E-state index in [4.69, 9.17) is 14.7 Å². The molecule has 8 heteroatoms. The van der Waals surface area contributed by atoms with Crippen LogP contribution >= 0.6 is 0 Å². The van der Waals surface area contributed by atoms with Gasteiger partial charge in [-0.15, -0.1) is 0 Å². The summed E-state index contributed by atoms with van der Waals surface area (Å²) in [5, 5.41) is 26.7. The van der Waals surface area contributed by atoms with Crippen molar-refractivity contribution in [1.82, 2.24) is 15.5 Å². The molecule has 1 aromatic carbocycles. The lowest BCUT2D eigenvalue weighted by Crippen LogP contribution is -2.29. The Bertz CT molecular complexity index is 627. The lowest BCUT2D eigenvalue weighted by molar-refractivity contribution is 0.189. The van der Waals surface area contributed by atoms with Gasteiger partial charge in [0.25, 0.3) is 0 Å². The molecule has 124 valence electrons. The number of aromatic nitrogens is 2. The highest BCUT2D eigenvalue weighted by molar-refractivity contribution is 5.65. The van der Waals surface area contributed by atoms with Gasteiger partial charge in [-0.1, -0.05) is 36.3 Å². The van der Waals surface area contributed by atoms with Crippen LogP contribution in [-0.4, -0.2) is 39.6 Å². The second-order valence-electron chi connectivity index (χ2n) is 4.98. The summed E-state index contributed by atoms with van der Waals surface area (Å²) in [5.41, 5.74) is 2.18. The fraction of sp³-hybridized carbons (Fsp3) is 0.400. The number of carbonyl (C=O) groups is 1. The molecule has 2 rings (SSSR count). The summed E-state index contributed by atoms with van der Waals surface area (Å²) in [7, 11) is 0. The molecule has 4 N–H and O–H groups in total. The average molecular weight is 320 g/mol. The van der Waals surface area contributed by atoms with Gasteiger partial charge in [-0.2, -0.15) is 4.98 Å². The normalized spacial score (nSPS) is 11.9. The molecule has 0 aliphatic heterocycles. The standard InChI is InChI=1S/C15H20N4O4/c1-2-10-3-5-11(6-4-10)9-12(17-15(21)22)13-18-14(23-19-13)16-7-8-20/h3-6,12,17,20H,2,7-9H2,1H3,(H,21,22)(H,16,18,19). The van der Waals surface area contributed by atoms with Gasteiger partial charge in [0.1, 0.15) is 0 Å². The van der Waals surface area contributed by atoms with E-state index >= 15 is 0 Å². The number of hydrogen-bond acceptors (Lipinski definition) is 6. The number of rotatable bonds is 8. The average Bonchev–Trinajstić information content (AvgIpc) is 3.01. The van der Waals surface area contributed by atoms with Gasteiger partial charge < -0.3 is 25.4 Å². The van der Waals surface area contributed by atoms with Gasteiger partial charge in [0.05, 0.1) is 12.6 Å². The topological polar surface area (TPSA) is 121 Å². The minimum absolute atomic E-state index is 0.0711. The Hall–Kier alpha value is -2.61. The predicted molar refractivity (Wildman–Crippen MR) is 83.3 cm³/mol. The summed E-state index contributed by atoms with van der Waals surface area (Å²) >= 11 is 0. The molecule has 1 atom stereocenters. The molecule has 8 nitrogen and oxygen atoms in total. The molecule has 2 aromatic rings. The van der Waals surface area contributed by atoms with Crippen molar-refractivity contribution in [1.29, 1.82) is 0 Å². The van der Waals surface area contributed by atoms with Gasteiger partial charge in [-0.3, -0.25) is 0 Å². The Labute approximate surface area is 133 Å². The number of anilines is 1. The lowest BCUT2D eigenvalue weighted by atomic mass is 10.0. The van der Waals surface area contributed by atoms with Crippen LogP contribution in [0.15, 0.2) is 28.8 Å². The first kappa shape index (κ1) is 16.8. The number of hydrogen-bond donors (Lipinski definition) is 4. The minimum Gasteiger partial charge on any atom is -0.465 e. The number of nitrogens with one attached hydrogen (secondary N) is 2. The summed E-state index contributed by atoms with van der Waals surface area (Å²) in [6, 6.07) is 7.47. The molecule has 0 bridgehead atoms. The van der Waals surface area contributed by atoms with E-state index in [1.54, 1.807) is 0 Å². The fourth-order valence-corrected chi connectivity index (χ4v) is 2.11. The quantitative estimate of drug-likeness (QED) is 0.583. The van der Waals surface area contributed by atoms with Crippen molar-refractivity contribution in [3.05, 3.63) is 41.2 Å². The summed E-state index contributed by atoms with van der Waals surface area (Å²) < 4.78 is 4.99. The molecule has 0 aliphatic carbocycles. The van der Waals surface area contributed by atoms with Crippen LogP contribution in [0, 0.1) is 0 Å². The molecule has 1 aromatic heterocycles. The number of nitrogens with zero attached hydrogens (tertiary/aromatic N) is 2. The molecule has 0 radical (unpaired) electrons. The SMILES string of the molecule is CCc1ccc(CC(NC(=O)O)c2noc(NCCO)n2)cc1. The van der Waals surface area contributed by atoms with Crippen molar-refractivity contribution in [3.63, 3.8) is 0 Å². The Kier molecular flexibility index (Phi) is 5.93. The molecule has 1 heterocycles. The monoisotopic (exact) mass is 320 g/mol. The number of benzene rings is 1. The van der Waals surface area contributed by atoms with Crippen LogP contribution in [0.4, 0.5) is 10.8 Å². The van der Waals surface area contributed by atoms with Crippen LogP contribution in [0.2, 0.25) is 0 Å². The molecule has 23 heavy (non-hydrogen) atoms. The van der Waals surface area contributed by atoms with E-state index in [9.17, 15) is 4.79 Å². The molecule has 1 amide bonds. The summed E-state index contributed by atoms with van der Waals surface area (Å²) in [6.45, 7) is 2.28. The van der Waals surface area contributed by atoms with Crippen LogP contribution in [0.1, 0.15) is 29.9 Å². The molecule has 0 spiro atoms. The third kappa shape index (κ3) is 4.96. The van der Waals surface area contributed by atoms with E-state index in [1.807, 2.05) is 24.3 Å². The molecular weight excluding hydrogens is 300 g/mol. The number of aliphatic hydroxyl groups is 1. The third-order valence-electron chi connectivity index (χ3n) is 3.31. The van der Waals surface area contributed by atoms with Crippen LogP contribution in [0.25, 0.3) is 0 Å². The third-order valence-corrected chi connectivity index (χ3v) is 3.31. The zero-order valence-corrected chi connectivity index (χ0v) is 12.8. The van der Waals surface area contributed by atoms with Crippen LogP contribution < -0.4 is 10.6 Å². The van der Waals surface area contributed by atoms with Crippen molar-refractivity contribution >= 4 is 12.1 Å². The van der Waals surface area contributed by atoms with E-state index in [0.717, 1.165) is 12.0 Å². The van der Waals surface area contributed by atoms with E-state index < -0.39 is 12.1 Å². The highest BCUT2D eigenvalue weighted by atomic mass is 16.5. The maximum absolute atomic E-state index is 11.0. The van der Waals surface area contributed by atoms with Gasteiger partial charge in [-0.25, -0.2) is 4.79 Å². The van der Waals surface area contributed by atoms with E-state index in [-0.39, 0.29) is 25.0 Å². The number of amides is 1. The van der Waals surface area contributed by atoms with E-state index in [2.05, 4.69) is 27.7 Å². The molecule has 1 unspecified atom stereocenters. The van der Waals surface area contributed by atoms with Crippen molar-refractivity contribution in [2.75, 3.05) is 18.5 Å². The maximum Gasteiger partial charge on any atom is 0.405 e. The summed E-state index contributed by atoms with van der Waals surface area (Å²) in [5.74, 6) is 0.243. The van der Waals surface area contributed by atoms with Crippen LogP contribution in [-0.2, 0) is 12.8 Å². The van der Waals surface area contributed by atoms with Gasteiger partial charge in [0.15, 0.2) is 5.82 Å². The lowest BCUT2D eigenvalue weighted by Gasteiger charge is -2.13. The first-order valence-corrected chi connectivity index (χ1v) is 7.38. The smallest absolute Gasteiger partial charge is 0.405 e. The van der Waals surface area contributed by atoms with E-state index in [1.165, 1.54) is 5.56 Å². The van der Waals surface area contributed by atoms with Gasteiger partial charge in [0, 0.05) is 13.0 Å². The zero-order valence-electron chi connectivity index (χ0n) is 12.8. The second kappa shape index (κ2) is 8.14. The highest BCUT2D eigenvalue weighted by Gasteiger charge is 2.21. The summed E-state index contributed by atoms with van der Waals surface area (Å²) in [4.78, 5) is 15.1. The van der Waals surface area contributed by atoms with Gasteiger partial charge in [0.2, 0.25) is 0 Å². The maximum atomic E-state index is 11.0. The molecule has 0 fully saturated rings. The van der Waals surface area contributed by atoms with Crippen LogP contribution in [0.3, 0.4) is 0 Å². The number of carboxylic acid groups (broad SMARTS) is 1. The fourth-order valence-electron chi connectivity index (χ4n) is 2.11. The zero-order chi connectivity index (χ0) is 16.7. The summed E-state index contributed by atoms with van der Waals surface area (Å²) in [6.07, 6.45) is 0.201. The van der Waals surface area contributed by atoms with Crippen molar-refractivity contribution in [2.24, 2.45) is 0 Å². The van der Waals surface area contributed by atoms with E-state index in [0.29, 0.717) is 6.42 Å². The largest absolute Gasteiger partial charge is 0.465 e. The number of aliphatic hydroxyl groups excluding tert-OH is 1. The second-order valence-corrected chi connectivity index (χ2v) is 4.98. The Morgan fingerprint density at radius 3 is 2.61 bits per heavy atom. The number of aryl methyl sites for hydroxylation is 1. The Morgan fingerprint density at radius 1 is 1.30 bits per heavy atom. The van der Waals surface area contributed by atoms with Gasteiger partial charge in [-0.05, 0) is 17.5 Å². The van der Waals surface area contributed by atoms with Gasteiger partial charge >= 0.3 is 12.1 Å². The molecular formula is C15H20N4O4. The predicted octanol–water partition coefficient (Wildman–Crippen LogP) is 1.59. The molecule has 0 aliphatic rings. The van der Waals surface area contributed by atoms with Crippen molar-refractivity contribution < 1.29 is 19.5 Å². The Balaban J connectivity index is 2.12. The van der Waals surface area contributed by atoms with Crippen molar-refractivity contribution in [2.45, 2.75) is 25.8 Å². The Morgan fingerprint density at radius 2 is 2.00 bits per heavy atom.